The Morgan fingerprint density at radius 1 is 0.818 bits per heavy atom. The molecule has 1 atom stereocenters. The Hall–Kier alpha value is -2.60. The topological polar surface area (TPSA) is 113 Å². The molecule has 6 heteroatoms. The number of rotatable bonds is 5. The largest absolute Gasteiger partial charge is 0.504 e. The first-order chi connectivity index (χ1) is 10.5. The predicted molar refractivity (Wildman–Crippen MR) is 81.1 cm³/mol. The maximum absolute atomic E-state index is 9.82. The van der Waals surface area contributed by atoms with E-state index in [1.54, 1.807) is 0 Å². The zero-order chi connectivity index (χ0) is 16.3. The molecule has 0 aliphatic rings. The Balaban J connectivity index is 2.25. The standard InChI is InChI=1S/C16H19NO5/c1-2-11(9-6-4-3-5-7-9)17-8-10-12(18)14(20)16(22)15(21)13(10)19/h3-7,11,17-22H,2,8H2,1H3. The molecule has 22 heavy (non-hydrogen) atoms. The van der Waals surface area contributed by atoms with E-state index in [2.05, 4.69) is 5.32 Å². The summed E-state index contributed by atoms with van der Waals surface area (Å²) in [4.78, 5) is 0. The summed E-state index contributed by atoms with van der Waals surface area (Å²) < 4.78 is 0. The van der Waals surface area contributed by atoms with Gasteiger partial charge in [-0.25, -0.2) is 0 Å². The fourth-order valence-corrected chi connectivity index (χ4v) is 2.31. The van der Waals surface area contributed by atoms with Crippen molar-refractivity contribution in [1.29, 1.82) is 0 Å². The van der Waals surface area contributed by atoms with Crippen LogP contribution in [0.15, 0.2) is 30.3 Å². The van der Waals surface area contributed by atoms with Gasteiger partial charge in [-0.05, 0) is 12.0 Å². The smallest absolute Gasteiger partial charge is 0.208 e. The second kappa shape index (κ2) is 6.44. The average Bonchev–Trinajstić information content (AvgIpc) is 2.55. The van der Waals surface area contributed by atoms with E-state index >= 15 is 0 Å². The normalized spacial score (nSPS) is 12.2. The van der Waals surface area contributed by atoms with Gasteiger partial charge in [0.1, 0.15) is 0 Å². The molecule has 6 nitrogen and oxygen atoms in total. The van der Waals surface area contributed by atoms with Gasteiger partial charge in [0.25, 0.3) is 0 Å². The van der Waals surface area contributed by atoms with E-state index in [0.717, 1.165) is 12.0 Å². The molecule has 0 aliphatic carbocycles. The number of phenolic OH excluding ortho intramolecular Hbond substituents is 5. The van der Waals surface area contributed by atoms with Crippen molar-refractivity contribution in [3.63, 3.8) is 0 Å². The zero-order valence-electron chi connectivity index (χ0n) is 12.1. The molecular formula is C16H19NO5. The van der Waals surface area contributed by atoms with Gasteiger partial charge in [-0.1, -0.05) is 37.3 Å². The highest BCUT2D eigenvalue weighted by Gasteiger charge is 2.23. The van der Waals surface area contributed by atoms with Gasteiger partial charge in [0.2, 0.25) is 17.2 Å². The molecular weight excluding hydrogens is 286 g/mol. The highest BCUT2D eigenvalue weighted by Crippen LogP contribution is 2.50. The lowest BCUT2D eigenvalue weighted by atomic mass is 10.0. The fourth-order valence-electron chi connectivity index (χ4n) is 2.31. The summed E-state index contributed by atoms with van der Waals surface area (Å²) in [6, 6.07) is 9.60. The second-order valence-electron chi connectivity index (χ2n) is 4.97. The van der Waals surface area contributed by atoms with Gasteiger partial charge in [-0.3, -0.25) is 0 Å². The summed E-state index contributed by atoms with van der Waals surface area (Å²) in [6.45, 7) is 1.99. The zero-order valence-corrected chi connectivity index (χ0v) is 12.1. The van der Waals surface area contributed by atoms with Crippen molar-refractivity contribution in [2.75, 3.05) is 0 Å². The fraction of sp³-hybridized carbons (Fsp3) is 0.250. The van der Waals surface area contributed by atoms with Gasteiger partial charge in [-0.2, -0.15) is 0 Å². The van der Waals surface area contributed by atoms with Gasteiger partial charge < -0.3 is 30.8 Å². The molecule has 2 aromatic carbocycles. The number of benzene rings is 2. The van der Waals surface area contributed by atoms with Crippen LogP contribution in [0, 0.1) is 0 Å². The minimum absolute atomic E-state index is 0.00642. The second-order valence-corrected chi connectivity index (χ2v) is 4.97. The van der Waals surface area contributed by atoms with Gasteiger partial charge in [0.15, 0.2) is 11.5 Å². The molecule has 0 heterocycles. The van der Waals surface area contributed by atoms with Crippen molar-refractivity contribution in [1.82, 2.24) is 5.32 Å². The number of hydrogen-bond acceptors (Lipinski definition) is 6. The lowest BCUT2D eigenvalue weighted by Gasteiger charge is -2.19. The van der Waals surface area contributed by atoms with Crippen LogP contribution in [-0.4, -0.2) is 25.5 Å². The van der Waals surface area contributed by atoms with Crippen LogP contribution >= 0.6 is 0 Å². The molecule has 2 rings (SSSR count). The third-order valence-electron chi connectivity index (χ3n) is 3.60. The first-order valence-electron chi connectivity index (χ1n) is 6.93. The quantitative estimate of drug-likeness (QED) is 0.374. The number of aromatic hydroxyl groups is 5. The Bertz CT molecular complexity index is 628. The predicted octanol–water partition coefficient (Wildman–Crippen LogP) is 2.46. The molecule has 118 valence electrons. The van der Waals surface area contributed by atoms with Crippen molar-refractivity contribution in [2.24, 2.45) is 0 Å². The number of phenols is 5. The Kier molecular flexibility index (Phi) is 4.62. The van der Waals surface area contributed by atoms with Gasteiger partial charge in [-0.15, -0.1) is 0 Å². The summed E-state index contributed by atoms with van der Waals surface area (Å²) in [5, 5.41) is 51.2. The van der Waals surface area contributed by atoms with Crippen LogP contribution in [0.4, 0.5) is 0 Å². The van der Waals surface area contributed by atoms with E-state index in [0.29, 0.717) is 0 Å². The summed E-state index contributed by atoms with van der Waals surface area (Å²) in [5.41, 5.74) is 0.957. The molecule has 0 aromatic heterocycles. The van der Waals surface area contributed by atoms with Crippen molar-refractivity contribution in [3.8, 4) is 28.7 Å². The first kappa shape index (κ1) is 15.8. The van der Waals surface area contributed by atoms with E-state index in [1.165, 1.54) is 0 Å². The van der Waals surface area contributed by atoms with Crippen LogP contribution in [0.3, 0.4) is 0 Å². The van der Waals surface area contributed by atoms with E-state index in [1.807, 2.05) is 37.3 Å². The molecule has 0 radical (unpaired) electrons. The maximum atomic E-state index is 9.82. The Morgan fingerprint density at radius 2 is 1.32 bits per heavy atom. The average molecular weight is 305 g/mol. The minimum Gasteiger partial charge on any atom is -0.504 e. The monoisotopic (exact) mass is 305 g/mol. The van der Waals surface area contributed by atoms with Crippen LogP contribution in [0.1, 0.15) is 30.5 Å². The van der Waals surface area contributed by atoms with Crippen LogP contribution < -0.4 is 5.32 Å². The number of hydrogen-bond donors (Lipinski definition) is 6. The Labute approximate surface area is 127 Å². The van der Waals surface area contributed by atoms with Crippen molar-refractivity contribution in [3.05, 3.63) is 41.5 Å². The molecule has 0 amide bonds. The van der Waals surface area contributed by atoms with Gasteiger partial charge in [0, 0.05) is 12.6 Å². The highest BCUT2D eigenvalue weighted by molar-refractivity contribution is 5.67. The summed E-state index contributed by atoms with van der Waals surface area (Å²) in [7, 11) is 0. The molecule has 1 unspecified atom stereocenters. The number of nitrogens with one attached hydrogen (secondary N) is 1. The van der Waals surface area contributed by atoms with E-state index < -0.39 is 28.7 Å². The van der Waals surface area contributed by atoms with E-state index in [9.17, 15) is 25.5 Å². The third kappa shape index (κ3) is 2.87. The Morgan fingerprint density at radius 3 is 1.82 bits per heavy atom. The van der Waals surface area contributed by atoms with Crippen molar-refractivity contribution in [2.45, 2.75) is 25.9 Å². The van der Waals surface area contributed by atoms with Gasteiger partial charge in [0.05, 0.1) is 5.56 Å². The maximum Gasteiger partial charge on any atom is 0.208 e. The summed E-state index contributed by atoms with van der Waals surface area (Å²) in [5.74, 6) is -4.00. The van der Waals surface area contributed by atoms with Crippen LogP contribution in [0.2, 0.25) is 0 Å². The molecule has 0 fully saturated rings. The minimum atomic E-state index is -0.950. The molecule has 0 spiro atoms. The summed E-state index contributed by atoms with van der Waals surface area (Å²) in [6.07, 6.45) is 0.765. The molecule has 0 saturated carbocycles. The molecule has 0 bridgehead atoms. The van der Waals surface area contributed by atoms with E-state index in [4.69, 9.17) is 0 Å². The lowest BCUT2D eigenvalue weighted by Crippen LogP contribution is -2.20. The van der Waals surface area contributed by atoms with Crippen LogP contribution in [0.5, 0.6) is 28.7 Å². The highest BCUT2D eigenvalue weighted by atomic mass is 16.4. The SMILES string of the molecule is CCC(NCc1c(O)c(O)c(O)c(O)c1O)c1ccccc1. The first-order valence-corrected chi connectivity index (χ1v) is 6.93. The van der Waals surface area contributed by atoms with E-state index in [-0.39, 0.29) is 18.2 Å². The molecule has 2 aromatic rings. The molecule has 0 saturated heterocycles. The molecule has 0 aliphatic heterocycles. The molecule has 6 N–H and O–H groups in total. The van der Waals surface area contributed by atoms with Crippen LogP contribution in [-0.2, 0) is 6.54 Å². The summed E-state index contributed by atoms with van der Waals surface area (Å²) >= 11 is 0. The van der Waals surface area contributed by atoms with Gasteiger partial charge >= 0.3 is 0 Å². The van der Waals surface area contributed by atoms with Crippen LogP contribution in [0.25, 0.3) is 0 Å². The lowest BCUT2D eigenvalue weighted by molar-refractivity contribution is 0.321. The van der Waals surface area contributed by atoms with Crippen molar-refractivity contribution < 1.29 is 25.5 Å². The van der Waals surface area contributed by atoms with Crippen molar-refractivity contribution >= 4 is 0 Å². The third-order valence-corrected chi connectivity index (χ3v) is 3.60.